The first-order valence-corrected chi connectivity index (χ1v) is 7.90. The second-order valence-corrected chi connectivity index (χ2v) is 6.05. The van der Waals surface area contributed by atoms with E-state index in [2.05, 4.69) is 20.9 Å². The fraction of sp³-hybridized carbons (Fsp3) is 0.0625. The number of benzene rings is 2. The largest absolute Gasteiger partial charge is 0.495 e. The predicted octanol–water partition coefficient (Wildman–Crippen LogP) is 5.36. The highest BCUT2D eigenvalue weighted by molar-refractivity contribution is 9.10. The number of ether oxygens (including phenoxy) is 2. The third-order valence-corrected chi connectivity index (χ3v) is 4.24. The first-order chi connectivity index (χ1) is 11.5. The topological polar surface area (TPSA) is 74.5 Å². The molecule has 0 aliphatic heterocycles. The normalized spacial score (nSPS) is 10.6. The van der Waals surface area contributed by atoms with Gasteiger partial charge in [-0.1, -0.05) is 11.6 Å². The molecule has 0 spiro atoms. The molecule has 1 heterocycles. The SMILES string of the molecule is COc1cc2nccc(Oc3ccc([N+](=O)[O-])c(Cl)c3)c2cc1Br. The van der Waals surface area contributed by atoms with Crippen molar-refractivity contribution in [1.82, 2.24) is 4.98 Å². The summed E-state index contributed by atoms with van der Waals surface area (Å²) < 4.78 is 11.8. The van der Waals surface area contributed by atoms with Crippen molar-refractivity contribution in [2.75, 3.05) is 7.11 Å². The number of rotatable bonds is 4. The quantitative estimate of drug-likeness (QED) is 0.428. The van der Waals surface area contributed by atoms with Crippen LogP contribution in [-0.2, 0) is 0 Å². The Morgan fingerprint density at radius 1 is 1.21 bits per heavy atom. The van der Waals surface area contributed by atoms with Crippen LogP contribution in [0.5, 0.6) is 17.2 Å². The van der Waals surface area contributed by atoms with Gasteiger partial charge < -0.3 is 9.47 Å². The standard InChI is InChI=1S/C16H10BrClN2O4/c1-23-16-8-13-10(7-11(16)17)15(4-5-19-13)24-9-2-3-14(20(21)22)12(18)6-9/h2-8H,1H3. The molecule has 0 radical (unpaired) electrons. The van der Waals surface area contributed by atoms with E-state index in [1.807, 2.05) is 6.07 Å². The number of hydrogen-bond donors (Lipinski definition) is 0. The van der Waals surface area contributed by atoms with E-state index in [0.29, 0.717) is 22.8 Å². The zero-order valence-corrected chi connectivity index (χ0v) is 14.7. The van der Waals surface area contributed by atoms with Crippen LogP contribution in [0.1, 0.15) is 0 Å². The van der Waals surface area contributed by atoms with E-state index in [0.717, 1.165) is 9.86 Å². The lowest BCUT2D eigenvalue weighted by molar-refractivity contribution is -0.384. The molecule has 0 unspecified atom stereocenters. The molecule has 0 aliphatic rings. The second kappa shape index (κ2) is 6.62. The molecule has 3 aromatic rings. The summed E-state index contributed by atoms with van der Waals surface area (Å²) in [7, 11) is 1.57. The highest BCUT2D eigenvalue weighted by Crippen LogP contribution is 2.37. The summed E-state index contributed by atoms with van der Waals surface area (Å²) >= 11 is 9.35. The van der Waals surface area contributed by atoms with Crippen molar-refractivity contribution in [1.29, 1.82) is 0 Å². The minimum absolute atomic E-state index is 0.0127. The van der Waals surface area contributed by atoms with Gasteiger partial charge in [0.25, 0.3) is 5.69 Å². The van der Waals surface area contributed by atoms with Gasteiger partial charge in [-0.25, -0.2) is 0 Å². The lowest BCUT2D eigenvalue weighted by Crippen LogP contribution is -1.92. The Bertz CT molecular complexity index is 949. The summed E-state index contributed by atoms with van der Waals surface area (Å²) in [6, 6.07) is 9.54. The summed E-state index contributed by atoms with van der Waals surface area (Å²) in [5.41, 5.74) is 0.525. The van der Waals surface area contributed by atoms with Crippen molar-refractivity contribution >= 4 is 44.1 Å². The first-order valence-electron chi connectivity index (χ1n) is 6.73. The number of hydrogen-bond acceptors (Lipinski definition) is 5. The number of halogens is 2. The van der Waals surface area contributed by atoms with Crippen molar-refractivity contribution in [3.8, 4) is 17.2 Å². The van der Waals surface area contributed by atoms with E-state index in [1.54, 1.807) is 25.4 Å². The Hall–Kier alpha value is -2.38. The van der Waals surface area contributed by atoms with Crippen LogP contribution in [0.15, 0.2) is 47.1 Å². The third-order valence-electron chi connectivity index (χ3n) is 3.32. The highest BCUT2D eigenvalue weighted by atomic mass is 79.9. The van der Waals surface area contributed by atoms with Crippen molar-refractivity contribution in [3.05, 3.63) is 62.2 Å². The number of methoxy groups -OCH3 is 1. The van der Waals surface area contributed by atoms with Crippen molar-refractivity contribution in [2.45, 2.75) is 0 Å². The molecule has 8 heteroatoms. The average molecular weight is 410 g/mol. The second-order valence-electron chi connectivity index (χ2n) is 4.79. The molecule has 0 fully saturated rings. The molecule has 0 atom stereocenters. The molecule has 0 N–H and O–H groups in total. The number of pyridine rings is 1. The fourth-order valence-electron chi connectivity index (χ4n) is 2.19. The molecule has 0 bridgehead atoms. The van der Waals surface area contributed by atoms with Gasteiger partial charge >= 0.3 is 0 Å². The van der Waals surface area contributed by atoms with Crippen LogP contribution in [0.25, 0.3) is 10.9 Å². The highest BCUT2D eigenvalue weighted by Gasteiger charge is 2.14. The molecule has 122 valence electrons. The Kier molecular flexibility index (Phi) is 4.55. The number of aromatic nitrogens is 1. The minimum Gasteiger partial charge on any atom is -0.495 e. The van der Waals surface area contributed by atoms with Crippen LogP contribution in [0.2, 0.25) is 5.02 Å². The van der Waals surface area contributed by atoms with Crippen molar-refractivity contribution < 1.29 is 14.4 Å². The monoisotopic (exact) mass is 408 g/mol. The van der Waals surface area contributed by atoms with Gasteiger partial charge in [0.15, 0.2) is 0 Å². The van der Waals surface area contributed by atoms with Crippen LogP contribution in [-0.4, -0.2) is 17.0 Å². The minimum atomic E-state index is -0.544. The van der Waals surface area contributed by atoms with Gasteiger partial charge in [-0.3, -0.25) is 15.1 Å². The van der Waals surface area contributed by atoms with Crippen LogP contribution in [0, 0.1) is 10.1 Å². The molecular weight excluding hydrogens is 400 g/mol. The van der Waals surface area contributed by atoms with Gasteiger partial charge in [0.05, 0.1) is 22.0 Å². The van der Waals surface area contributed by atoms with Crippen LogP contribution >= 0.6 is 27.5 Å². The lowest BCUT2D eigenvalue weighted by Gasteiger charge is -2.11. The van der Waals surface area contributed by atoms with E-state index in [1.165, 1.54) is 18.2 Å². The van der Waals surface area contributed by atoms with E-state index in [4.69, 9.17) is 21.1 Å². The van der Waals surface area contributed by atoms with Gasteiger partial charge in [0.2, 0.25) is 0 Å². The van der Waals surface area contributed by atoms with Gasteiger partial charge in [-0.15, -0.1) is 0 Å². The van der Waals surface area contributed by atoms with E-state index >= 15 is 0 Å². The molecule has 2 aromatic carbocycles. The third kappa shape index (κ3) is 3.13. The molecule has 1 aromatic heterocycles. The zero-order valence-electron chi connectivity index (χ0n) is 12.3. The number of nitro benzene ring substituents is 1. The maximum atomic E-state index is 10.8. The Labute approximate surface area is 150 Å². The molecule has 24 heavy (non-hydrogen) atoms. The Balaban J connectivity index is 2.03. The zero-order chi connectivity index (χ0) is 17.3. The first kappa shape index (κ1) is 16.5. The number of nitro groups is 1. The molecule has 0 saturated heterocycles. The summed E-state index contributed by atoms with van der Waals surface area (Å²) in [6.07, 6.45) is 1.61. The summed E-state index contributed by atoms with van der Waals surface area (Å²) in [6.45, 7) is 0. The molecule has 3 rings (SSSR count). The Morgan fingerprint density at radius 2 is 2.00 bits per heavy atom. The van der Waals surface area contributed by atoms with Gasteiger partial charge in [-0.2, -0.15) is 0 Å². The molecular formula is C16H10BrClN2O4. The van der Waals surface area contributed by atoms with Crippen molar-refractivity contribution in [3.63, 3.8) is 0 Å². The van der Waals surface area contributed by atoms with E-state index < -0.39 is 4.92 Å². The predicted molar refractivity (Wildman–Crippen MR) is 94.2 cm³/mol. The van der Waals surface area contributed by atoms with E-state index in [-0.39, 0.29) is 10.7 Å². The fourth-order valence-corrected chi connectivity index (χ4v) is 2.94. The van der Waals surface area contributed by atoms with Crippen LogP contribution in [0.4, 0.5) is 5.69 Å². The lowest BCUT2D eigenvalue weighted by atomic mass is 10.2. The van der Waals surface area contributed by atoms with Gasteiger partial charge in [0, 0.05) is 29.8 Å². The summed E-state index contributed by atoms with van der Waals surface area (Å²) in [5, 5.41) is 11.6. The molecule has 0 amide bonds. The smallest absolute Gasteiger partial charge is 0.288 e. The number of fused-ring (bicyclic) bond motifs is 1. The molecule has 0 aliphatic carbocycles. The van der Waals surface area contributed by atoms with Gasteiger partial charge in [-0.05, 0) is 34.1 Å². The maximum Gasteiger partial charge on any atom is 0.288 e. The van der Waals surface area contributed by atoms with Crippen LogP contribution in [0.3, 0.4) is 0 Å². The Morgan fingerprint density at radius 3 is 2.67 bits per heavy atom. The number of nitrogens with zero attached hydrogens (tertiary/aromatic N) is 2. The summed E-state index contributed by atoms with van der Waals surface area (Å²) in [5.74, 6) is 1.60. The molecule has 0 saturated carbocycles. The average Bonchev–Trinajstić information content (AvgIpc) is 2.54. The van der Waals surface area contributed by atoms with Crippen molar-refractivity contribution in [2.24, 2.45) is 0 Å². The van der Waals surface area contributed by atoms with E-state index in [9.17, 15) is 10.1 Å². The maximum absolute atomic E-state index is 10.8. The summed E-state index contributed by atoms with van der Waals surface area (Å²) in [4.78, 5) is 14.6. The molecule has 6 nitrogen and oxygen atoms in total. The van der Waals surface area contributed by atoms with Crippen LogP contribution < -0.4 is 9.47 Å². The van der Waals surface area contributed by atoms with Gasteiger partial charge in [0.1, 0.15) is 22.3 Å².